The van der Waals surface area contributed by atoms with Crippen LogP contribution in [0.2, 0.25) is 5.02 Å². The summed E-state index contributed by atoms with van der Waals surface area (Å²) in [4.78, 5) is 4.89. The van der Waals surface area contributed by atoms with Gasteiger partial charge in [0.1, 0.15) is 5.82 Å². The molecule has 196 valence electrons. The summed E-state index contributed by atoms with van der Waals surface area (Å²) < 4.78 is 2.38. The van der Waals surface area contributed by atoms with Gasteiger partial charge in [-0.3, -0.25) is 0 Å². The van der Waals surface area contributed by atoms with E-state index in [0.29, 0.717) is 0 Å². The van der Waals surface area contributed by atoms with E-state index in [-0.39, 0.29) is 0 Å². The van der Waals surface area contributed by atoms with Gasteiger partial charge in [-0.05, 0) is 42.3 Å². The maximum Gasteiger partial charge on any atom is 0.133 e. The van der Waals surface area contributed by atoms with Crippen LogP contribution in [-0.2, 0) is 6.54 Å². The van der Waals surface area contributed by atoms with E-state index in [1.54, 1.807) is 0 Å². The smallest absolute Gasteiger partial charge is 0.133 e. The second kappa shape index (κ2) is 17.4. The molecule has 0 saturated carbocycles. The molecule has 1 aromatic heterocycles. The fourth-order valence-electron chi connectivity index (χ4n) is 5.02. The second-order valence-corrected chi connectivity index (χ2v) is 10.7. The Morgan fingerprint density at radius 3 is 1.75 bits per heavy atom. The first-order chi connectivity index (χ1) is 17.8. The van der Waals surface area contributed by atoms with Crippen LogP contribution in [0.1, 0.15) is 121 Å². The van der Waals surface area contributed by atoms with Crippen molar-refractivity contribution in [3.8, 4) is 0 Å². The first-order valence-corrected chi connectivity index (χ1v) is 15.0. The van der Waals surface area contributed by atoms with Crippen molar-refractivity contribution < 1.29 is 0 Å². The topological polar surface area (TPSA) is 17.8 Å². The predicted octanol–water partition coefficient (Wildman–Crippen LogP) is 11.1. The van der Waals surface area contributed by atoms with Gasteiger partial charge >= 0.3 is 0 Å². The molecular formula is C33H47ClN2. The molecule has 0 N–H and O–H groups in total. The monoisotopic (exact) mass is 506 g/mol. The summed E-state index contributed by atoms with van der Waals surface area (Å²) >= 11 is 6.02. The third-order valence-electron chi connectivity index (χ3n) is 7.21. The molecule has 0 saturated heterocycles. The number of benzene rings is 2. The Kier molecular flexibility index (Phi) is 13.8. The van der Waals surface area contributed by atoms with Gasteiger partial charge in [0.2, 0.25) is 0 Å². The van der Waals surface area contributed by atoms with Crippen LogP contribution in [-0.4, -0.2) is 9.55 Å². The maximum absolute atomic E-state index is 6.02. The van der Waals surface area contributed by atoms with E-state index in [0.717, 1.165) is 28.5 Å². The fraction of sp³-hybridized carbons (Fsp3) is 0.545. The van der Waals surface area contributed by atoms with Gasteiger partial charge in [0, 0.05) is 11.6 Å². The quantitative estimate of drug-likeness (QED) is 0.148. The molecule has 0 fully saturated rings. The Bertz CT molecular complexity index is 1000. The van der Waals surface area contributed by atoms with Crippen LogP contribution in [0.25, 0.3) is 23.2 Å². The highest BCUT2D eigenvalue weighted by Crippen LogP contribution is 2.20. The van der Waals surface area contributed by atoms with E-state index in [1.807, 2.05) is 24.3 Å². The summed E-state index contributed by atoms with van der Waals surface area (Å²) in [6.45, 7) is 3.32. The number of fused-ring (bicyclic) bond motifs is 1. The highest BCUT2D eigenvalue weighted by atomic mass is 35.5. The number of para-hydroxylation sites is 2. The van der Waals surface area contributed by atoms with Gasteiger partial charge in [0.25, 0.3) is 0 Å². The average molecular weight is 507 g/mol. The molecule has 0 aliphatic heterocycles. The zero-order valence-corrected chi connectivity index (χ0v) is 23.3. The first-order valence-electron chi connectivity index (χ1n) is 14.7. The molecule has 36 heavy (non-hydrogen) atoms. The van der Waals surface area contributed by atoms with Crippen molar-refractivity contribution in [2.75, 3.05) is 0 Å². The molecule has 0 aliphatic rings. The van der Waals surface area contributed by atoms with E-state index in [1.165, 1.54) is 108 Å². The van der Waals surface area contributed by atoms with E-state index < -0.39 is 0 Å². The van der Waals surface area contributed by atoms with Crippen molar-refractivity contribution in [1.29, 1.82) is 0 Å². The summed E-state index contributed by atoms with van der Waals surface area (Å²) in [6.07, 6.45) is 26.7. The van der Waals surface area contributed by atoms with Crippen molar-refractivity contribution in [1.82, 2.24) is 9.55 Å². The molecule has 0 bridgehead atoms. The molecular weight excluding hydrogens is 460 g/mol. The van der Waals surface area contributed by atoms with Crippen LogP contribution in [0, 0.1) is 0 Å². The summed E-state index contributed by atoms with van der Waals surface area (Å²) in [7, 11) is 0. The van der Waals surface area contributed by atoms with Crippen LogP contribution in [0.15, 0.2) is 48.5 Å². The Hall–Kier alpha value is -2.06. The van der Waals surface area contributed by atoms with Crippen LogP contribution < -0.4 is 0 Å². The van der Waals surface area contributed by atoms with Gasteiger partial charge in [-0.15, -0.1) is 0 Å². The van der Waals surface area contributed by atoms with Crippen molar-refractivity contribution in [3.63, 3.8) is 0 Å². The molecule has 0 unspecified atom stereocenters. The second-order valence-electron chi connectivity index (χ2n) is 10.3. The third kappa shape index (κ3) is 10.5. The molecule has 0 spiro atoms. The van der Waals surface area contributed by atoms with Gasteiger partial charge in [-0.1, -0.05) is 145 Å². The summed E-state index contributed by atoms with van der Waals surface area (Å²) in [5.41, 5.74) is 3.44. The minimum absolute atomic E-state index is 0.767. The number of aromatic nitrogens is 2. The minimum atomic E-state index is 0.767. The van der Waals surface area contributed by atoms with E-state index in [4.69, 9.17) is 16.6 Å². The number of hydrogen-bond acceptors (Lipinski definition) is 1. The molecule has 0 radical (unpaired) electrons. The molecule has 2 aromatic carbocycles. The zero-order chi connectivity index (χ0) is 25.3. The van der Waals surface area contributed by atoms with Gasteiger partial charge in [-0.2, -0.15) is 0 Å². The number of halogens is 1. The molecule has 1 heterocycles. The van der Waals surface area contributed by atoms with Crippen LogP contribution in [0.3, 0.4) is 0 Å². The third-order valence-corrected chi connectivity index (χ3v) is 7.47. The minimum Gasteiger partial charge on any atom is -0.324 e. The number of imidazole rings is 1. The Morgan fingerprint density at radius 2 is 1.17 bits per heavy atom. The highest BCUT2D eigenvalue weighted by molar-refractivity contribution is 6.30. The normalized spacial score (nSPS) is 11.7. The van der Waals surface area contributed by atoms with Crippen LogP contribution in [0.5, 0.6) is 0 Å². The highest BCUT2D eigenvalue weighted by Gasteiger charge is 2.08. The number of aryl methyl sites for hydroxylation is 1. The number of unbranched alkanes of at least 4 members (excludes halogenated alkanes) is 15. The van der Waals surface area contributed by atoms with Crippen LogP contribution in [0.4, 0.5) is 0 Å². The lowest BCUT2D eigenvalue weighted by Crippen LogP contribution is -2.00. The standard InChI is InChI=1S/C33H47ClN2/c1-2-3-4-5-6-7-8-9-10-11-12-13-14-15-16-19-28-36-32-21-18-17-20-31(32)35-33(36)27-24-29-22-25-30(34)26-23-29/h17-18,20-27H,2-16,19,28H2,1H3/b27-24+. The largest absolute Gasteiger partial charge is 0.324 e. The van der Waals surface area contributed by atoms with Crippen LogP contribution >= 0.6 is 11.6 Å². The lowest BCUT2D eigenvalue weighted by molar-refractivity contribution is 0.522. The molecule has 2 nitrogen and oxygen atoms in total. The first kappa shape index (κ1) is 28.5. The van der Waals surface area contributed by atoms with Crippen molar-refractivity contribution >= 4 is 34.8 Å². The number of nitrogens with zero attached hydrogens (tertiary/aromatic N) is 2. The molecule has 3 aromatic rings. The van der Waals surface area contributed by atoms with Gasteiger partial charge < -0.3 is 4.57 Å². The van der Waals surface area contributed by atoms with E-state index >= 15 is 0 Å². The number of hydrogen-bond donors (Lipinski definition) is 0. The van der Waals surface area contributed by atoms with Crippen molar-refractivity contribution in [2.24, 2.45) is 0 Å². The van der Waals surface area contributed by atoms with E-state index in [2.05, 4.69) is 47.9 Å². The summed E-state index contributed by atoms with van der Waals surface area (Å²) in [5.74, 6) is 1.03. The predicted molar refractivity (Wildman–Crippen MR) is 160 cm³/mol. The van der Waals surface area contributed by atoms with Gasteiger partial charge in [0.05, 0.1) is 11.0 Å². The molecule has 0 aliphatic carbocycles. The maximum atomic E-state index is 6.02. The molecule has 0 amide bonds. The lowest BCUT2D eigenvalue weighted by atomic mass is 10.0. The fourth-order valence-corrected chi connectivity index (χ4v) is 5.15. The lowest BCUT2D eigenvalue weighted by Gasteiger charge is -2.08. The van der Waals surface area contributed by atoms with Gasteiger partial charge in [-0.25, -0.2) is 4.98 Å². The Morgan fingerprint density at radius 1 is 0.639 bits per heavy atom. The number of rotatable bonds is 19. The SMILES string of the molecule is CCCCCCCCCCCCCCCCCCn1c(/C=C/c2ccc(Cl)cc2)nc2ccccc21. The van der Waals surface area contributed by atoms with E-state index in [9.17, 15) is 0 Å². The summed E-state index contributed by atoms with van der Waals surface area (Å²) in [6, 6.07) is 16.4. The zero-order valence-electron chi connectivity index (χ0n) is 22.6. The van der Waals surface area contributed by atoms with Gasteiger partial charge in [0.15, 0.2) is 0 Å². The molecule has 3 heteroatoms. The Labute approximate surface area is 225 Å². The summed E-state index contributed by atoms with van der Waals surface area (Å²) in [5, 5.41) is 0.767. The van der Waals surface area contributed by atoms with Crippen molar-refractivity contribution in [2.45, 2.75) is 116 Å². The van der Waals surface area contributed by atoms with Crippen molar-refractivity contribution in [3.05, 3.63) is 64.9 Å². The average Bonchev–Trinajstić information content (AvgIpc) is 3.25. The molecule has 3 rings (SSSR count). The Balaban J connectivity index is 1.30. The molecule has 0 atom stereocenters.